The number of hydrogen-bond acceptors (Lipinski definition) is 6. The molecule has 1 aliphatic rings. The van der Waals surface area contributed by atoms with Crippen LogP contribution in [0.5, 0.6) is 5.75 Å². The van der Waals surface area contributed by atoms with Crippen LogP contribution in [0.2, 0.25) is 5.02 Å². The second-order valence-electron chi connectivity index (χ2n) is 8.02. The Balaban J connectivity index is 1.62. The molecule has 2 atom stereocenters. The maximum absolute atomic E-state index is 10.5. The molecule has 2 aromatic carbocycles. The fraction of sp³-hybridized carbons (Fsp3) is 0.458. The maximum atomic E-state index is 10.5. The van der Waals surface area contributed by atoms with Gasteiger partial charge >= 0.3 is 0 Å². The first kappa shape index (κ1) is 23.5. The number of hydrogen-bond donors (Lipinski definition) is 1. The van der Waals surface area contributed by atoms with E-state index in [1.807, 2.05) is 62.4 Å². The van der Waals surface area contributed by atoms with Crippen molar-refractivity contribution in [2.45, 2.75) is 45.1 Å². The maximum Gasteiger partial charge on any atom is 0.145 e. The van der Waals surface area contributed by atoms with E-state index in [9.17, 15) is 5.11 Å². The van der Waals surface area contributed by atoms with Gasteiger partial charge in [-0.15, -0.1) is 0 Å². The predicted molar refractivity (Wildman–Crippen MR) is 123 cm³/mol. The molecule has 1 aliphatic heterocycles. The lowest BCUT2D eigenvalue weighted by Gasteiger charge is -2.27. The Labute approximate surface area is 189 Å². The van der Waals surface area contributed by atoms with Gasteiger partial charge in [0.1, 0.15) is 11.9 Å². The molecule has 168 valence electrons. The SMILES string of the molecule is COc1ccc(C2=NO[C@@H](CN(Cc3ccccc3Cl)C[C@@H](O)COC(C)C)C2)cc1. The largest absolute Gasteiger partial charge is 0.497 e. The molecule has 0 aromatic heterocycles. The van der Waals surface area contributed by atoms with Crippen LogP contribution in [-0.4, -0.2) is 60.8 Å². The molecule has 0 saturated heterocycles. The zero-order valence-corrected chi connectivity index (χ0v) is 19.1. The highest BCUT2D eigenvalue weighted by Gasteiger charge is 2.26. The van der Waals surface area contributed by atoms with Crippen LogP contribution in [0.4, 0.5) is 0 Å². The van der Waals surface area contributed by atoms with E-state index in [1.165, 1.54) is 0 Å². The van der Waals surface area contributed by atoms with Crippen LogP contribution in [0.25, 0.3) is 0 Å². The fourth-order valence-corrected chi connectivity index (χ4v) is 3.69. The first-order valence-corrected chi connectivity index (χ1v) is 10.9. The smallest absolute Gasteiger partial charge is 0.145 e. The Morgan fingerprint density at radius 3 is 2.61 bits per heavy atom. The van der Waals surface area contributed by atoms with Crippen LogP contribution < -0.4 is 4.74 Å². The van der Waals surface area contributed by atoms with E-state index in [0.717, 1.165) is 22.6 Å². The molecule has 1 heterocycles. The molecule has 0 amide bonds. The summed E-state index contributed by atoms with van der Waals surface area (Å²) in [4.78, 5) is 7.87. The Morgan fingerprint density at radius 1 is 1.19 bits per heavy atom. The third-order valence-corrected chi connectivity index (χ3v) is 5.43. The number of methoxy groups -OCH3 is 1. The van der Waals surface area contributed by atoms with Crippen molar-refractivity contribution in [1.29, 1.82) is 0 Å². The van der Waals surface area contributed by atoms with E-state index in [2.05, 4.69) is 10.1 Å². The van der Waals surface area contributed by atoms with Crippen LogP contribution in [0, 0.1) is 0 Å². The Kier molecular flexibility index (Phi) is 8.72. The summed E-state index contributed by atoms with van der Waals surface area (Å²) in [5, 5.41) is 15.5. The number of aliphatic hydroxyl groups excluding tert-OH is 1. The molecule has 3 rings (SSSR count). The van der Waals surface area contributed by atoms with Crippen molar-refractivity contribution >= 4 is 17.3 Å². The average molecular weight is 447 g/mol. The molecule has 0 saturated carbocycles. The van der Waals surface area contributed by atoms with Gasteiger partial charge in [0.25, 0.3) is 0 Å². The second-order valence-corrected chi connectivity index (χ2v) is 8.43. The van der Waals surface area contributed by atoms with Gasteiger partial charge in [-0.25, -0.2) is 0 Å². The summed E-state index contributed by atoms with van der Waals surface area (Å²) in [7, 11) is 1.65. The minimum Gasteiger partial charge on any atom is -0.497 e. The van der Waals surface area contributed by atoms with E-state index < -0.39 is 6.10 Å². The highest BCUT2D eigenvalue weighted by Crippen LogP contribution is 2.22. The summed E-state index contributed by atoms with van der Waals surface area (Å²) in [5.74, 6) is 0.809. The number of rotatable bonds is 11. The van der Waals surface area contributed by atoms with E-state index in [-0.39, 0.29) is 18.8 Å². The van der Waals surface area contributed by atoms with Crippen molar-refractivity contribution in [2.75, 3.05) is 26.8 Å². The molecule has 0 aliphatic carbocycles. The number of nitrogens with zero attached hydrogens (tertiary/aromatic N) is 2. The summed E-state index contributed by atoms with van der Waals surface area (Å²) in [6, 6.07) is 15.6. The zero-order valence-electron chi connectivity index (χ0n) is 18.3. The molecule has 1 N–H and O–H groups in total. The van der Waals surface area contributed by atoms with E-state index in [4.69, 9.17) is 25.9 Å². The molecule has 0 bridgehead atoms. The van der Waals surface area contributed by atoms with Crippen molar-refractivity contribution in [3.05, 3.63) is 64.7 Å². The Morgan fingerprint density at radius 2 is 1.94 bits per heavy atom. The molecule has 7 heteroatoms. The van der Waals surface area contributed by atoms with Crippen LogP contribution in [0.3, 0.4) is 0 Å². The van der Waals surface area contributed by atoms with Gasteiger partial charge in [0.2, 0.25) is 0 Å². The zero-order chi connectivity index (χ0) is 22.2. The Hall–Kier alpha value is -2.12. The highest BCUT2D eigenvalue weighted by molar-refractivity contribution is 6.31. The normalized spacial score (nSPS) is 17.0. The first-order chi connectivity index (χ1) is 14.9. The van der Waals surface area contributed by atoms with Crippen molar-refractivity contribution in [3.8, 4) is 5.75 Å². The van der Waals surface area contributed by atoms with E-state index in [0.29, 0.717) is 31.1 Å². The fourth-order valence-electron chi connectivity index (χ4n) is 3.49. The van der Waals surface area contributed by atoms with Gasteiger partial charge in [-0.05, 0) is 55.3 Å². The standard InChI is InChI=1S/C24H31ClN2O4/c1-17(2)30-16-20(28)14-27(13-19-6-4-5-7-23(19)25)15-22-12-24(26-31-22)18-8-10-21(29-3)11-9-18/h4-11,17,20,22,28H,12-16H2,1-3H3/t20-,22-/m1/s1. The second kappa shape index (κ2) is 11.5. The lowest BCUT2D eigenvalue weighted by molar-refractivity contribution is -0.0194. The molecular weight excluding hydrogens is 416 g/mol. The molecule has 0 radical (unpaired) electrons. The highest BCUT2D eigenvalue weighted by atomic mass is 35.5. The average Bonchev–Trinajstić information content (AvgIpc) is 3.22. The van der Waals surface area contributed by atoms with Gasteiger partial charge in [-0.2, -0.15) is 0 Å². The number of benzene rings is 2. The van der Waals surface area contributed by atoms with Gasteiger partial charge in [0.05, 0.1) is 31.6 Å². The van der Waals surface area contributed by atoms with Gasteiger partial charge in [-0.1, -0.05) is 35.0 Å². The third-order valence-electron chi connectivity index (χ3n) is 5.06. The topological polar surface area (TPSA) is 63.5 Å². The van der Waals surface area contributed by atoms with Crippen LogP contribution >= 0.6 is 11.6 Å². The third kappa shape index (κ3) is 7.21. The molecule has 0 fully saturated rings. The van der Waals surface area contributed by atoms with Gasteiger partial charge < -0.3 is 19.4 Å². The van der Waals surface area contributed by atoms with E-state index in [1.54, 1.807) is 7.11 Å². The summed E-state index contributed by atoms with van der Waals surface area (Å²) in [5.41, 5.74) is 2.94. The summed E-state index contributed by atoms with van der Waals surface area (Å²) in [6.45, 7) is 5.88. The minimum atomic E-state index is -0.603. The molecular formula is C24H31ClN2O4. The van der Waals surface area contributed by atoms with Gasteiger partial charge in [0, 0.05) is 31.1 Å². The quantitative estimate of drug-likeness (QED) is 0.562. The lowest BCUT2D eigenvalue weighted by Crippen LogP contribution is -2.39. The summed E-state index contributed by atoms with van der Waals surface area (Å²) < 4.78 is 10.8. The summed E-state index contributed by atoms with van der Waals surface area (Å²) >= 11 is 6.37. The molecule has 31 heavy (non-hydrogen) atoms. The van der Waals surface area contributed by atoms with E-state index >= 15 is 0 Å². The number of ether oxygens (including phenoxy) is 2. The number of oxime groups is 1. The van der Waals surface area contributed by atoms with Gasteiger partial charge in [-0.3, -0.25) is 4.90 Å². The molecule has 0 unspecified atom stereocenters. The van der Waals surface area contributed by atoms with Crippen LogP contribution in [0.1, 0.15) is 31.4 Å². The van der Waals surface area contributed by atoms with Crippen LogP contribution in [-0.2, 0) is 16.1 Å². The molecule has 2 aromatic rings. The van der Waals surface area contributed by atoms with Crippen molar-refractivity contribution in [3.63, 3.8) is 0 Å². The number of aliphatic hydroxyl groups is 1. The molecule has 0 spiro atoms. The van der Waals surface area contributed by atoms with Crippen molar-refractivity contribution < 1.29 is 19.4 Å². The lowest BCUT2D eigenvalue weighted by atomic mass is 10.0. The van der Waals surface area contributed by atoms with Crippen molar-refractivity contribution in [1.82, 2.24) is 4.90 Å². The number of halogens is 1. The first-order valence-electron chi connectivity index (χ1n) is 10.6. The molecule has 6 nitrogen and oxygen atoms in total. The van der Waals surface area contributed by atoms with Gasteiger partial charge in [0.15, 0.2) is 0 Å². The Bertz CT molecular complexity index is 857. The summed E-state index contributed by atoms with van der Waals surface area (Å²) in [6.07, 6.45) is 0.0700. The predicted octanol–water partition coefficient (Wildman–Crippen LogP) is 4.13. The monoisotopic (exact) mass is 446 g/mol. The van der Waals surface area contributed by atoms with Crippen molar-refractivity contribution in [2.24, 2.45) is 5.16 Å². The van der Waals surface area contributed by atoms with Crippen LogP contribution in [0.15, 0.2) is 53.7 Å². The minimum absolute atomic E-state index is 0.0743.